The molecule has 0 unspecified atom stereocenters. The zero-order valence-electron chi connectivity index (χ0n) is 38.6. The maximum Gasteiger partial charge on any atom is 0.149 e. The van der Waals surface area contributed by atoms with E-state index in [1.807, 2.05) is 104 Å². The fraction of sp³-hybridized carbons (Fsp3) is 0.0164. The Morgan fingerprint density at radius 1 is 0.324 bits per heavy atom. The van der Waals surface area contributed by atoms with Gasteiger partial charge in [0, 0.05) is 11.4 Å². The van der Waals surface area contributed by atoms with Crippen molar-refractivity contribution in [3.8, 4) is 16.9 Å². The van der Waals surface area contributed by atoms with Crippen molar-refractivity contribution < 1.29 is 5.11 Å². The summed E-state index contributed by atoms with van der Waals surface area (Å²) < 4.78 is 0. The summed E-state index contributed by atoms with van der Waals surface area (Å²) in [7, 11) is 0. The number of aromatic hydroxyl groups is 1. The van der Waals surface area contributed by atoms with E-state index in [0.717, 1.165) is 72.4 Å². The zero-order valence-corrected chi connectivity index (χ0v) is 38.6. The minimum atomic E-state index is 0.199. The second kappa shape index (κ2) is 19.8. The summed E-state index contributed by atoms with van der Waals surface area (Å²) in [5.74, 6) is 2.30. The third-order valence-electron chi connectivity index (χ3n) is 12.0. The number of hydrogen-bond acceptors (Lipinski definition) is 10. The summed E-state index contributed by atoms with van der Waals surface area (Å²) in [6.07, 6.45) is 5.22. The fourth-order valence-electron chi connectivity index (χ4n) is 8.36. The Kier molecular flexibility index (Phi) is 12.2. The SMILES string of the molecule is Cc1ccc(Nc2cnc3cc4ccccc4cc3n2)c(O)c1.c1ccc(-c2ccc(Nc3cnc4cc5ccccc5cc4n3)cc2)cc1.c1ccc(Nc2cnc3cc4ccccc4cc3n2)cc1. The topological polar surface area (TPSA) is 134 Å². The maximum absolute atomic E-state index is 10.00. The van der Waals surface area contributed by atoms with E-state index in [-0.39, 0.29) is 5.75 Å². The van der Waals surface area contributed by atoms with Crippen LogP contribution in [0.25, 0.3) is 76.5 Å². The molecule has 0 saturated heterocycles. The van der Waals surface area contributed by atoms with Crippen molar-refractivity contribution >= 4 is 99.9 Å². The van der Waals surface area contributed by atoms with Gasteiger partial charge in [0.25, 0.3) is 0 Å². The number of aromatic nitrogens is 6. The zero-order chi connectivity index (χ0) is 47.9. The molecule has 0 bridgehead atoms. The minimum absolute atomic E-state index is 0.199. The molecular formula is C61H45N9O. The molecule has 0 amide bonds. The Morgan fingerprint density at radius 2 is 0.676 bits per heavy atom. The van der Waals surface area contributed by atoms with Crippen molar-refractivity contribution in [1.82, 2.24) is 29.9 Å². The van der Waals surface area contributed by atoms with Crippen LogP contribution in [0.15, 0.2) is 231 Å². The van der Waals surface area contributed by atoms with Gasteiger partial charge in [-0.15, -0.1) is 0 Å². The molecule has 340 valence electrons. The Labute approximate surface area is 409 Å². The highest BCUT2D eigenvalue weighted by atomic mass is 16.3. The number of anilines is 6. The Hall–Kier alpha value is -9.80. The molecule has 10 nitrogen and oxygen atoms in total. The van der Waals surface area contributed by atoms with Crippen LogP contribution in [-0.4, -0.2) is 35.0 Å². The van der Waals surface area contributed by atoms with Gasteiger partial charge in [-0.3, -0.25) is 15.0 Å². The molecule has 0 radical (unpaired) electrons. The number of benzene rings is 10. The highest BCUT2D eigenvalue weighted by Gasteiger charge is 2.08. The minimum Gasteiger partial charge on any atom is -0.506 e. The van der Waals surface area contributed by atoms with Gasteiger partial charge in [0.2, 0.25) is 0 Å². The number of para-hydroxylation sites is 1. The number of nitrogens with one attached hydrogen (secondary N) is 3. The first-order valence-electron chi connectivity index (χ1n) is 23.2. The lowest BCUT2D eigenvalue weighted by atomic mass is 10.1. The van der Waals surface area contributed by atoms with E-state index in [2.05, 4.69) is 150 Å². The molecular weight excluding hydrogens is 875 g/mol. The van der Waals surface area contributed by atoms with Crippen LogP contribution in [0, 0.1) is 6.92 Å². The lowest BCUT2D eigenvalue weighted by Gasteiger charge is -2.09. The van der Waals surface area contributed by atoms with Crippen LogP contribution in [0.2, 0.25) is 0 Å². The van der Waals surface area contributed by atoms with E-state index in [4.69, 9.17) is 4.98 Å². The normalized spacial score (nSPS) is 10.9. The first-order valence-corrected chi connectivity index (χ1v) is 23.2. The van der Waals surface area contributed by atoms with Crippen LogP contribution in [0.1, 0.15) is 5.56 Å². The molecule has 10 aromatic carbocycles. The smallest absolute Gasteiger partial charge is 0.149 e. The quantitative estimate of drug-likeness (QED) is 0.0904. The molecule has 3 aromatic heterocycles. The highest BCUT2D eigenvalue weighted by molar-refractivity contribution is 5.97. The van der Waals surface area contributed by atoms with Crippen molar-refractivity contribution in [2.24, 2.45) is 0 Å². The van der Waals surface area contributed by atoms with E-state index in [0.29, 0.717) is 11.5 Å². The highest BCUT2D eigenvalue weighted by Crippen LogP contribution is 2.29. The van der Waals surface area contributed by atoms with Crippen LogP contribution in [-0.2, 0) is 0 Å². The summed E-state index contributed by atoms with van der Waals surface area (Å²) in [5.41, 5.74) is 11.3. The number of nitrogens with zero attached hydrogens (tertiary/aromatic N) is 6. The van der Waals surface area contributed by atoms with Crippen molar-refractivity contribution in [2.45, 2.75) is 6.92 Å². The lowest BCUT2D eigenvalue weighted by Crippen LogP contribution is -1.96. The number of phenolic OH excluding ortho intramolecular Hbond substituents is 1. The molecule has 0 fully saturated rings. The molecule has 0 aliphatic carbocycles. The van der Waals surface area contributed by atoms with Gasteiger partial charge in [-0.2, -0.15) is 0 Å². The van der Waals surface area contributed by atoms with Gasteiger partial charge in [0.1, 0.15) is 23.2 Å². The molecule has 0 aliphatic rings. The number of fused-ring (bicyclic) bond motifs is 6. The van der Waals surface area contributed by atoms with Crippen LogP contribution < -0.4 is 16.0 Å². The molecule has 13 rings (SSSR count). The Bertz CT molecular complexity index is 4000. The van der Waals surface area contributed by atoms with E-state index in [9.17, 15) is 5.11 Å². The van der Waals surface area contributed by atoms with Crippen LogP contribution >= 0.6 is 0 Å². The van der Waals surface area contributed by atoms with Crippen LogP contribution in [0.5, 0.6) is 5.75 Å². The molecule has 10 heteroatoms. The third-order valence-corrected chi connectivity index (χ3v) is 12.0. The van der Waals surface area contributed by atoms with Crippen molar-refractivity contribution in [1.29, 1.82) is 0 Å². The van der Waals surface area contributed by atoms with E-state index in [1.54, 1.807) is 24.7 Å². The van der Waals surface area contributed by atoms with Crippen LogP contribution in [0.3, 0.4) is 0 Å². The summed E-state index contributed by atoms with van der Waals surface area (Å²) in [6.45, 7) is 1.93. The average molecular weight is 920 g/mol. The monoisotopic (exact) mass is 919 g/mol. The second-order valence-corrected chi connectivity index (χ2v) is 17.0. The van der Waals surface area contributed by atoms with Gasteiger partial charge < -0.3 is 21.1 Å². The maximum atomic E-state index is 10.00. The number of rotatable bonds is 7. The van der Waals surface area contributed by atoms with E-state index >= 15 is 0 Å². The fourth-order valence-corrected chi connectivity index (χ4v) is 8.36. The average Bonchev–Trinajstić information content (AvgIpc) is 3.41. The molecule has 3 heterocycles. The molecule has 0 aliphatic heterocycles. The van der Waals surface area contributed by atoms with E-state index < -0.39 is 0 Å². The molecule has 0 spiro atoms. The third kappa shape index (κ3) is 10.2. The summed E-state index contributed by atoms with van der Waals surface area (Å²) in [4.78, 5) is 27.5. The molecule has 0 saturated carbocycles. The molecule has 71 heavy (non-hydrogen) atoms. The van der Waals surface area contributed by atoms with Crippen molar-refractivity contribution in [2.75, 3.05) is 16.0 Å². The number of aryl methyl sites for hydroxylation is 1. The van der Waals surface area contributed by atoms with Crippen LogP contribution in [0.4, 0.5) is 34.5 Å². The van der Waals surface area contributed by atoms with Gasteiger partial charge in [0.15, 0.2) is 0 Å². The van der Waals surface area contributed by atoms with Crippen molar-refractivity contribution in [3.05, 3.63) is 236 Å². The number of hydrogen-bond donors (Lipinski definition) is 4. The lowest BCUT2D eigenvalue weighted by molar-refractivity contribution is 0.477. The Morgan fingerprint density at radius 3 is 1.10 bits per heavy atom. The van der Waals surface area contributed by atoms with Gasteiger partial charge in [-0.25, -0.2) is 15.0 Å². The first kappa shape index (κ1) is 43.8. The standard InChI is InChI=1S/C24H17N3.C19H15N3O.C18H13N3/c1-2-6-17(7-3-1)18-10-12-21(13-11-18)26-24-16-25-22-14-19-8-4-5-9-20(19)15-23(22)27-24;1-12-6-7-15(18(23)8-12)21-19-11-20-16-9-13-4-2-3-5-14(13)10-17(16)22-19;1-2-8-15(9-3-1)20-18-12-19-16-10-13-6-4-5-7-14(13)11-17(16)21-18/h1-16H,(H,26,27);2-11,23H,1H3,(H,21,22);1-12H,(H,20,21). The number of phenols is 1. The first-order chi connectivity index (χ1) is 34.9. The molecule has 13 aromatic rings. The summed E-state index contributed by atoms with van der Waals surface area (Å²) >= 11 is 0. The molecule has 0 atom stereocenters. The summed E-state index contributed by atoms with van der Waals surface area (Å²) in [5, 5.41) is 26.7. The second-order valence-electron chi connectivity index (χ2n) is 17.0. The van der Waals surface area contributed by atoms with Gasteiger partial charge in [0.05, 0.1) is 57.4 Å². The van der Waals surface area contributed by atoms with Crippen molar-refractivity contribution in [3.63, 3.8) is 0 Å². The molecule has 4 N–H and O–H groups in total. The van der Waals surface area contributed by atoms with Gasteiger partial charge in [-0.1, -0.05) is 140 Å². The predicted molar refractivity (Wildman–Crippen MR) is 292 cm³/mol. The summed E-state index contributed by atoms with van der Waals surface area (Å²) in [6, 6.07) is 71.2. The predicted octanol–water partition coefficient (Wildman–Crippen LogP) is 15.3. The van der Waals surface area contributed by atoms with Gasteiger partial charge >= 0.3 is 0 Å². The van der Waals surface area contributed by atoms with E-state index in [1.165, 1.54) is 32.7 Å². The Balaban J connectivity index is 0.000000117. The van der Waals surface area contributed by atoms with Gasteiger partial charge in [-0.05, 0) is 129 Å². The largest absolute Gasteiger partial charge is 0.506 e.